The van der Waals surface area contributed by atoms with Crippen LogP contribution in [0.2, 0.25) is 0 Å². The fourth-order valence-corrected chi connectivity index (χ4v) is 1.85. The van der Waals surface area contributed by atoms with Crippen molar-refractivity contribution in [3.63, 3.8) is 0 Å². The molecule has 0 spiro atoms. The molecule has 82 valence electrons. The summed E-state index contributed by atoms with van der Waals surface area (Å²) >= 11 is 0. The number of nitrogens with one attached hydrogen (secondary N) is 1. The third kappa shape index (κ3) is 2.31. The van der Waals surface area contributed by atoms with Gasteiger partial charge in [0.05, 0.1) is 0 Å². The largest absolute Gasteiger partial charge is 0.370 e. The first-order chi connectivity index (χ1) is 7.77. The van der Waals surface area contributed by atoms with Crippen LogP contribution in [0.4, 0.5) is 0 Å². The molecule has 0 saturated carbocycles. The molecule has 16 heavy (non-hydrogen) atoms. The molecule has 1 heterocycles. The van der Waals surface area contributed by atoms with Crippen molar-refractivity contribution < 1.29 is 4.79 Å². The van der Waals surface area contributed by atoms with Gasteiger partial charge in [0.25, 0.3) is 0 Å². The number of carbonyl (C=O) groups is 1. The topological polar surface area (TPSA) is 58.9 Å². The van der Waals surface area contributed by atoms with Crippen LogP contribution < -0.4 is 5.73 Å². The maximum atomic E-state index is 11.1. The quantitative estimate of drug-likeness (QED) is 0.803. The van der Waals surface area contributed by atoms with Crippen LogP contribution >= 0.6 is 0 Å². The van der Waals surface area contributed by atoms with Crippen LogP contribution in [0.25, 0.3) is 0 Å². The van der Waals surface area contributed by atoms with Crippen molar-refractivity contribution in [1.82, 2.24) is 4.98 Å². The van der Waals surface area contributed by atoms with Crippen LogP contribution in [0.5, 0.6) is 0 Å². The number of H-pyrrole nitrogens is 1. The Labute approximate surface area is 94.3 Å². The second-order valence-electron chi connectivity index (χ2n) is 3.76. The molecule has 0 aliphatic carbocycles. The number of aromatic amines is 1. The average Bonchev–Trinajstić information content (AvgIpc) is 2.80. The molecule has 0 saturated heterocycles. The van der Waals surface area contributed by atoms with E-state index in [0.29, 0.717) is 6.42 Å². The summed E-state index contributed by atoms with van der Waals surface area (Å²) in [6, 6.07) is 13.8. The number of hydrogen-bond acceptors (Lipinski definition) is 1. The minimum absolute atomic E-state index is 0.0219. The SMILES string of the molecule is NC(=O)CC(c1ccccc1)c1ccc[nH]1. The Kier molecular flexibility index (Phi) is 3.05. The number of amides is 1. The number of primary amides is 1. The number of nitrogens with two attached hydrogens (primary N) is 1. The van der Waals surface area contributed by atoms with Crippen molar-refractivity contribution >= 4 is 5.91 Å². The number of carbonyl (C=O) groups excluding carboxylic acids is 1. The van der Waals surface area contributed by atoms with E-state index in [9.17, 15) is 4.79 Å². The van der Waals surface area contributed by atoms with E-state index in [1.54, 1.807) is 0 Å². The Balaban J connectivity index is 2.32. The fraction of sp³-hybridized carbons (Fsp3) is 0.154. The van der Waals surface area contributed by atoms with E-state index >= 15 is 0 Å². The highest BCUT2D eigenvalue weighted by Crippen LogP contribution is 2.26. The molecule has 3 N–H and O–H groups in total. The minimum Gasteiger partial charge on any atom is -0.370 e. The van der Waals surface area contributed by atoms with E-state index in [0.717, 1.165) is 11.3 Å². The summed E-state index contributed by atoms with van der Waals surface area (Å²) in [6.45, 7) is 0. The summed E-state index contributed by atoms with van der Waals surface area (Å²) in [5.41, 5.74) is 7.40. The second kappa shape index (κ2) is 4.66. The van der Waals surface area contributed by atoms with Gasteiger partial charge in [-0.05, 0) is 17.7 Å². The van der Waals surface area contributed by atoms with E-state index in [2.05, 4.69) is 4.98 Å². The lowest BCUT2D eigenvalue weighted by atomic mass is 9.92. The lowest BCUT2D eigenvalue weighted by Gasteiger charge is -2.14. The zero-order valence-electron chi connectivity index (χ0n) is 8.89. The molecule has 1 aromatic carbocycles. The highest BCUT2D eigenvalue weighted by Gasteiger charge is 2.16. The fourth-order valence-electron chi connectivity index (χ4n) is 1.85. The maximum Gasteiger partial charge on any atom is 0.218 e. The van der Waals surface area contributed by atoms with Gasteiger partial charge in [0.15, 0.2) is 0 Å². The Morgan fingerprint density at radius 1 is 1.19 bits per heavy atom. The van der Waals surface area contributed by atoms with Gasteiger partial charge in [0, 0.05) is 24.2 Å². The van der Waals surface area contributed by atoms with Crippen molar-refractivity contribution in [2.45, 2.75) is 12.3 Å². The van der Waals surface area contributed by atoms with Gasteiger partial charge in [-0.1, -0.05) is 30.3 Å². The highest BCUT2D eigenvalue weighted by molar-refractivity contribution is 5.75. The average molecular weight is 214 g/mol. The van der Waals surface area contributed by atoms with Crippen LogP contribution in [-0.4, -0.2) is 10.9 Å². The van der Waals surface area contributed by atoms with Gasteiger partial charge in [0.1, 0.15) is 0 Å². The number of rotatable bonds is 4. The monoisotopic (exact) mass is 214 g/mol. The van der Waals surface area contributed by atoms with Crippen LogP contribution in [-0.2, 0) is 4.79 Å². The first-order valence-corrected chi connectivity index (χ1v) is 5.24. The normalized spacial score (nSPS) is 12.2. The maximum absolute atomic E-state index is 11.1. The molecule has 0 radical (unpaired) electrons. The predicted molar refractivity (Wildman–Crippen MR) is 62.9 cm³/mol. The molecule has 0 aliphatic rings. The molecule has 3 nitrogen and oxygen atoms in total. The molecule has 1 unspecified atom stereocenters. The third-order valence-electron chi connectivity index (χ3n) is 2.60. The van der Waals surface area contributed by atoms with Gasteiger partial charge in [-0.2, -0.15) is 0 Å². The molecule has 1 amide bonds. The molecule has 0 bridgehead atoms. The lowest BCUT2D eigenvalue weighted by Crippen LogP contribution is -2.16. The zero-order chi connectivity index (χ0) is 11.4. The number of benzene rings is 1. The van der Waals surface area contributed by atoms with Crippen molar-refractivity contribution in [2.24, 2.45) is 5.73 Å². The lowest BCUT2D eigenvalue weighted by molar-refractivity contribution is -0.118. The molecule has 2 aromatic rings. The molecular weight excluding hydrogens is 200 g/mol. The molecular formula is C13H14N2O. The van der Waals surface area contributed by atoms with Gasteiger partial charge >= 0.3 is 0 Å². The third-order valence-corrected chi connectivity index (χ3v) is 2.60. The summed E-state index contributed by atoms with van der Waals surface area (Å²) in [4.78, 5) is 14.2. The second-order valence-corrected chi connectivity index (χ2v) is 3.76. The van der Waals surface area contributed by atoms with E-state index in [4.69, 9.17) is 5.73 Å². The van der Waals surface area contributed by atoms with Crippen LogP contribution in [0.1, 0.15) is 23.6 Å². The first-order valence-electron chi connectivity index (χ1n) is 5.24. The van der Waals surface area contributed by atoms with Gasteiger partial charge < -0.3 is 10.7 Å². The Morgan fingerprint density at radius 3 is 2.50 bits per heavy atom. The Hall–Kier alpha value is -2.03. The van der Waals surface area contributed by atoms with Gasteiger partial charge in [0.2, 0.25) is 5.91 Å². The number of aromatic nitrogens is 1. The van der Waals surface area contributed by atoms with Gasteiger partial charge in [-0.3, -0.25) is 4.79 Å². The number of hydrogen-bond donors (Lipinski definition) is 2. The van der Waals surface area contributed by atoms with E-state index in [1.807, 2.05) is 48.7 Å². The zero-order valence-corrected chi connectivity index (χ0v) is 8.89. The molecule has 0 fully saturated rings. The molecule has 3 heteroatoms. The molecule has 1 aromatic heterocycles. The molecule has 1 atom stereocenters. The van der Waals surface area contributed by atoms with Crippen molar-refractivity contribution in [2.75, 3.05) is 0 Å². The van der Waals surface area contributed by atoms with E-state index < -0.39 is 0 Å². The van der Waals surface area contributed by atoms with E-state index in [1.165, 1.54) is 0 Å². The van der Waals surface area contributed by atoms with Crippen LogP contribution in [0.15, 0.2) is 48.7 Å². The van der Waals surface area contributed by atoms with Gasteiger partial charge in [-0.25, -0.2) is 0 Å². The van der Waals surface area contributed by atoms with E-state index in [-0.39, 0.29) is 11.8 Å². The van der Waals surface area contributed by atoms with Crippen LogP contribution in [0, 0.1) is 0 Å². The van der Waals surface area contributed by atoms with Crippen molar-refractivity contribution in [1.29, 1.82) is 0 Å². The van der Waals surface area contributed by atoms with Crippen LogP contribution in [0.3, 0.4) is 0 Å². The summed E-state index contributed by atoms with van der Waals surface area (Å²) in [5, 5.41) is 0. The summed E-state index contributed by atoms with van der Waals surface area (Å²) in [6.07, 6.45) is 2.18. The van der Waals surface area contributed by atoms with Gasteiger partial charge in [-0.15, -0.1) is 0 Å². The summed E-state index contributed by atoms with van der Waals surface area (Å²) < 4.78 is 0. The highest BCUT2D eigenvalue weighted by atomic mass is 16.1. The Morgan fingerprint density at radius 2 is 1.94 bits per heavy atom. The smallest absolute Gasteiger partial charge is 0.218 e. The standard InChI is InChI=1S/C13H14N2O/c14-13(16)9-11(12-7-4-8-15-12)10-5-2-1-3-6-10/h1-8,11,15H,9H2,(H2,14,16). The molecule has 2 rings (SSSR count). The summed E-state index contributed by atoms with van der Waals surface area (Å²) in [5.74, 6) is -0.267. The Bertz CT molecular complexity index is 448. The van der Waals surface area contributed by atoms with Crippen molar-refractivity contribution in [3.05, 3.63) is 59.9 Å². The summed E-state index contributed by atoms with van der Waals surface area (Å²) in [7, 11) is 0. The predicted octanol–water partition coefficient (Wildman–Crippen LogP) is 2.02. The first kappa shape index (κ1) is 10.5. The van der Waals surface area contributed by atoms with Crippen molar-refractivity contribution in [3.8, 4) is 0 Å². The molecule has 0 aliphatic heterocycles. The minimum atomic E-state index is -0.288.